The van der Waals surface area contributed by atoms with Gasteiger partial charge in [0.1, 0.15) is 11.6 Å². The number of nitrogens with zero attached hydrogens (tertiary/aromatic N) is 3. The minimum atomic E-state index is -0.486. The largest absolute Gasteiger partial charge is 0.467 e. The molecule has 1 aromatic carbocycles. The molecule has 0 unspecified atom stereocenters. The summed E-state index contributed by atoms with van der Waals surface area (Å²) in [5, 5.41) is 13.9. The zero-order valence-electron chi connectivity index (χ0n) is 14.6. The van der Waals surface area contributed by atoms with Crippen molar-refractivity contribution in [3.05, 3.63) is 56.1 Å². The zero-order valence-corrected chi connectivity index (χ0v) is 17.0. The molecule has 27 heavy (non-hydrogen) atoms. The van der Waals surface area contributed by atoms with Crippen molar-refractivity contribution in [1.29, 1.82) is 5.26 Å². The van der Waals surface area contributed by atoms with Crippen molar-refractivity contribution in [2.45, 2.75) is 13.5 Å². The highest BCUT2D eigenvalue weighted by Crippen LogP contribution is 2.29. The summed E-state index contributed by atoms with van der Waals surface area (Å²) in [4.78, 5) is 16.1. The van der Waals surface area contributed by atoms with Crippen LogP contribution in [-0.4, -0.2) is 30.8 Å². The Morgan fingerprint density at radius 3 is 2.78 bits per heavy atom. The number of methoxy groups -OCH3 is 1. The number of halogens is 2. The Morgan fingerprint density at radius 2 is 2.15 bits per heavy atom. The van der Waals surface area contributed by atoms with Crippen molar-refractivity contribution in [3.8, 4) is 11.9 Å². The minimum absolute atomic E-state index is 0.0714. The standard InChI is InChI=1S/C18H16BrClN4O3/c1-11-17(19)15(9-26-2)14(7-21)18(23-11)27-10-16(25)24-22-8-12-3-5-13(20)6-4-12/h3-6,8H,9-10H2,1-2H3,(H,24,25)/b22-8-. The summed E-state index contributed by atoms with van der Waals surface area (Å²) in [5.74, 6) is -0.415. The Labute approximate surface area is 170 Å². The summed E-state index contributed by atoms with van der Waals surface area (Å²) in [5.41, 5.74) is 4.58. The van der Waals surface area contributed by atoms with Gasteiger partial charge in [-0.15, -0.1) is 0 Å². The summed E-state index contributed by atoms with van der Waals surface area (Å²) in [6.45, 7) is 1.63. The van der Waals surface area contributed by atoms with Gasteiger partial charge in [0, 0.05) is 22.2 Å². The molecule has 9 heteroatoms. The summed E-state index contributed by atoms with van der Waals surface area (Å²) in [6, 6.07) is 9.00. The van der Waals surface area contributed by atoms with E-state index >= 15 is 0 Å². The predicted molar refractivity (Wildman–Crippen MR) is 105 cm³/mol. The number of carbonyl (C=O) groups is 1. The van der Waals surface area contributed by atoms with Crippen LogP contribution in [0.1, 0.15) is 22.4 Å². The Morgan fingerprint density at radius 1 is 1.44 bits per heavy atom. The van der Waals surface area contributed by atoms with Gasteiger partial charge in [-0.2, -0.15) is 10.4 Å². The molecule has 0 saturated heterocycles. The van der Waals surface area contributed by atoms with Crippen LogP contribution in [0.5, 0.6) is 5.88 Å². The number of pyridine rings is 1. The van der Waals surface area contributed by atoms with Crippen molar-refractivity contribution in [1.82, 2.24) is 10.4 Å². The first-order chi connectivity index (χ1) is 13.0. The van der Waals surface area contributed by atoms with Crippen LogP contribution >= 0.6 is 27.5 Å². The third-order valence-corrected chi connectivity index (χ3v) is 4.69. The molecule has 0 spiro atoms. The molecule has 0 atom stereocenters. The molecule has 0 bridgehead atoms. The lowest BCUT2D eigenvalue weighted by Gasteiger charge is -2.13. The number of rotatable bonds is 7. The lowest BCUT2D eigenvalue weighted by Crippen LogP contribution is -2.25. The molecule has 0 aliphatic carbocycles. The number of ether oxygens (including phenoxy) is 2. The smallest absolute Gasteiger partial charge is 0.278 e. The molecule has 1 aromatic heterocycles. The van der Waals surface area contributed by atoms with E-state index in [0.29, 0.717) is 20.8 Å². The first-order valence-corrected chi connectivity index (χ1v) is 8.91. The average molecular weight is 452 g/mol. The van der Waals surface area contributed by atoms with E-state index in [9.17, 15) is 10.1 Å². The van der Waals surface area contributed by atoms with Gasteiger partial charge < -0.3 is 9.47 Å². The van der Waals surface area contributed by atoms with Crippen LogP contribution in [0.4, 0.5) is 0 Å². The SMILES string of the molecule is COCc1c(Br)c(C)nc(OCC(=O)N/N=C\c2ccc(Cl)cc2)c1C#N. The maximum Gasteiger partial charge on any atom is 0.278 e. The number of carbonyl (C=O) groups excluding carboxylic acids is 1. The normalized spacial score (nSPS) is 10.6. The van der Waals surface area contributed by atoms with Gasteiger partial charge in [0.25, 0.3) is 5.91 Å². The van der Waals surface area contributed by atoms with E-state index in [1.54, 1.807) is 31.2 Å². The van der Waals surface area contributed by atoms with E-state index in [1.807, 2.05) is 6.07 Å². The summed E-state index contributed by atoms with van der Waals surface area (Å²) in [7, 11) is 1.52. The molecular weight excluding hydrogens is 436 g/mol. The summed E-state index contributed by atoms with van der Waals surface area (Å²) in [6.07, 6.45) is 1.48. The molecule has 0 radical (unpaired) electrons. The van der Waals surface area contributed by atoms with E-state index in [4.69, 9.17) is 21.1 Å². The zero-order chi connectivity index (χ0) is 19.8. The molecule has 0 aliphatic rings. The van der Waals surface area contributed by atoms with Crippen molar-refractivity contribution < 1.29 is 14.3 Å². The highest BCUT2D eigenvalue weighted by molar-refractivity contribution is 9.10. The van der Waals surface area contributed by atoms with Crippen LogP contribution in [-0.2, 0) is 16.1 Å². The number of aromatic nitrogens is 1. The highest BCUT2D eigenvalue weighted by Gasteiger charge is 2.18. The first-order valence-electron chi connectivity index (χ1n) is 7.74. The number of hydrazone groups is 1. The molecular formula is C18H16BrClN4O3. The van der Waals surface area contributed by atoms with E-state index < -0.39 is 5.91 Å². The van der Waals surface area contributed by atoms with Gasteiger partial charge in [0.05, 0.1) is 18.5 Å². The number of nitriles is 1. The van der Waals surface area contributed by atoms with Gasteiger partial charge in [0.15, 0.2) is 6.61 Å². The minimum Gasteiger partial charge on any atom is -0.467 e. The third kappa shape index (κ3) is 5.76. The molecule has 140 valence electrons. The number of hydrogen-bond acceptors (Lipinski definition) is 6. The lowest BCUT2D eigenvalue weighted by molar-refractivity contribution is -0.123. The van der Waals surface area contributed by atoms with Crippen molar-refractivity contribution in [2.24, 2.45) is 5.10 Å². The molecule has 7 nitrogen and oxygen atoms in total. The van der Waals surface area contributed by atoms with Crippen LogP contribution in [0.15, 0.2) is 33.8 Å². The Bertz CT molecular complexity index is 895. The second-order valence-corrected chi connectivity index (χ2v) is 6.58. The Kier molecular flexibility index (Phi) is 7.73. The molecule has 1 heterocycles. The second kappa shape index (κ2) is 10.0. The predicted octanol–water partition coefficient (Wildman–Crippen LogP) is 3.35. The number of amides is 1. The quantitative estimate of drug-likeness (QED) is 0.514. The van der Waals surface area contributed by atoms with E-state index in [0.717, 1.165) is 5.56 Å². The maximum absolute atomic E-state index is 11.9. The molecule has 1 amide bonds. The Hall–Kier alpha value is -2.47. The molecule has 2 aromatic rings. The molecule has 2 rings (SSSR count). The van der Waals surface area contributed by atoms with Crippen molar-refractivity contribution in [3.63, 3.8) is 0 Å². The van der Waals surface area contributed by atoms with Crippen molar-refractivity contribution >= 4 is 39.7 Å². The summed E-state index contributed by atoms with van der Waals surface area (Å²) >= 11 is 9.19. The fourth-order valence-corrected chi connectivity index (χ4v) is 2.64. The van der Waals surface area contributed by atoms with Crippen LogP contribution in [0.2, 0.25) is 5.02 Å². The Balaban J connectivity index is 2.02. The third-order valence-electron chi connectivity index (χ3n) is 3.38. The molecule has 0 fully saturated rings. The highest BCUT2D eigenvalue weighted by atomic mass is 79.9. The van der Waals surface area contributed by atoms with E-state index in [-0.39, 0.29) is 24.7 Å². The summed E-state index contributed by atoms with van der Waals surface area (Å²) < 4.78 is 11.2. The fraction of sp³-hybridized carbons (Fsp3) is 0.222. The number of aryl methyl sites for hydroxylation is 1. The topological polar surface area (TPSA) is 96.6 Å². The van der Waals surface area contributed by atoms with Gasteiger partial charge >= 0.3 is 0 Å². The molecule has 0 saturated carbocycles. The van der Waals surface area contributed by atoms with Crippen LogP contribution in [0.3, 0.4) is 0 Å². The van der Waals surface area contributed by atoms with Crippen LogP contribution in [0, 0.1) is 18.3 Å². The van der Waals surface area contributed by atoms with Gasteiger partial charge in [-0.1, -0.05) is 23.7 Å². The van der Waals surface area contributed by atoms with Gasteiger partial charge in [0.2, 0.25) is 5.88 Å². The number of nitrogens with one attached hydrogen (secondary N) is 1. The van der Waals surface area contributed by atoms with E-state index in [2.05, 4.69) is 31.4 Å². The van der Waals surface area contributed by atoms with Gasteiger partial charge in [-0.25, -0.2) is 10.4 Å². The monoisotopic (exact) mass is 450 g/mol. The molecule has 0 aliphatic heterocycles. The van der Waals surface area contributed by atoms with Crippen LogP contribution in [0.25, 0.3) is 0 Å². The molecule has 1 N–H and O–H groups in total. The number of benzene rings is 1. The maximum atomic E-state index is 11.9. The van der Waals surface area contributed by atoms with E-state index in [1.165, 1.54) is 13.3 Å². The van der Waals surface area contributed by atoms with Gasteiger partial charge in [-0.05, 0) is 40.5 Å². The fourth-order valence-electron chi connectivity index (χ4n) is 2.11. The van der Waals surface area contributed by atoms with Crippen molar-refractivity contribution in [2.75, 3.05) is 13.7 Å². The van der Waals surface area contributed by atoms with Gasteiger partial charge in [-0.3, -0.25) is 4.79 Å². The lowest BCUT2D eigenvalue weighted by atomic mass is 10.1. The first kappa shape index (κ1) is 20.8. The average Bonchev–Trinajstić information content (AvgIpc) is 2.65. The van der Waals surface area contributed by atoms with Crippen LogP contribution < -0.4 is 10.2 Å². The second-order valence-electron chi connectivity index (χ2n) is 5.35. The number of hydrogen-bond donors (Lipinski definition) is 1.